The maximum Gasteiger partial charge on any atom is 0.271 e. The van der Waals surface area contributed by atoms with Gasteiger partial charge < -0.3 is 11.1 Å². The summed E-state index contributed by atoms with van der Waals surface area (Å²) in [6.45, 7) is 0.229. The van der Waals surface area contributed by atoms with Crippen molar-refractivity contribution in [2.24, 2.45) is 0 Å². The Balaban J connectivity index is 1.98. The van der Waals surface area contributed by atoms with E-state index in [2.05, 4.69) is 15.3 Å². The molecule has 0 atom stereocenters. The van der Waals surface area contributed by atoms with Gasteiger partial charge in [0.1, 0.15) is 11.5 Å². The van der Waals surface area contributed by atoms with Crippen molar-refractivity contribution in [3.63, 3.8) is 0 Å². The van der Waals surface area contributed by atoms with E-state index in [9.17, 15) is 14.9 Å². The fraction of sp³-hybridized carbons (Fsp3) is 0.0833. The van der Waals surface area contributed by atoms with Crippen LogP contribution in [0.4, 0.5) is 11.5 Å². The molecule has 0 radical (unpaired) electrons. The topological polar surface area (TPSA) is 124 Å². The molecule has 0 spiro atoms. The number of benzene rings is 1. The highest BCUT2D eigenvalue weighted by Crippen LogP contribution is 2.11. The van der Waals surface area contributed by atoms with Gasteiger partial charge in [-0.05, 0) is 5.56 Å². The van der Waals surface area contributed by atoms with Gasteiger partial charge in [-0.3, -0.25) is 19.9 Å². The number of hydrogen-bond donors (Lipinski definition) is 2. The highest BCUT2D eigenvalue weighted by molar-refractivity contribution is 5.92. The first-order valence-electron chi connectivity index (χ1n) is 5.65. The molecule has 0 saturated heterocycles. The Morgan fingerprint density at radius 2 is 2.00 bits per heavy atom. The van der Waals surface area contributed by atoms with Crippen molar-refractivity contribution in [2.75, 3.05) is 5.73 Å². The van der Waals surface area contributed by atoms with Gasteiger partial charge in [-0.15, -0.1) is 0 Å². The van der Waals surface area contributed by atoms with E-state index in [1.54, 1.807) is 12.1 Å². The Bertz CT molecular complexity index is 642. The van der Waals surface area contributed by atoms with E-state index in [-0.39, 0.29) is 23.7 Å². The smallest absolute Gasteiger partial charge is 0.271 e. The molecular weight excluding hydrogens is 262 g/mol. The molecule has 8 heteroatoms. The predicted molar refractivity (Wildman–Crippen MR) is 70.7 cm³/mol. The molecule has 2 aromatic rings. The number of aromatic nitrogens is 2. The average Bonchev–Trinajstić information content (AvgIpc) is 2.45. The lowest BCUT2D eigenvalue weighted by atomic mass is 10.2. The lowest BCUT2D eigenvalue weighted by molar-refractivity contribution is -0.384. The van der Waals surface area contributed by atoms with Gasteiger partial charge in [0.25, 0.3) is 11.6 Å². The van der Waals surface area contributed by atoms with Gasteiger partial charge in [0.15, 0.2) is 0 Å². The number of carbonyl (C=O) groups excluding carboxylic acids is 1. The number of nitro groups is 1. The van der Waals surface area contributed by atoms with E-state index in [0.717, 1.165) is 5.56 Å². The number of anilines is 1. The van der Waals surface area contributed by atoms with E-state index in [0.29, 0.717) is 0 Å². The van der Waals surface area contributed by atoms with E-state index in [1.807, 2.05) is 0 Å². The third kappa shape index (κ3) is 3.25. The second-order valence-electron chi connectivity index (χ2n) is 3.94. The summed E-state index contributed by atoms with van der Waals surface area (Å²) in [6.07, 6.45) is 2.65. The normalized spacial score (nSPS) is 10.0. The van der Waals surface area contributed by atoms with Crippen LogP contribution in [0.3, 0.4) is 0 Å². The van der Waals surface area contributed by atoms with Gasteiger partial charge in [0.2, 0.25) is 0 Å². The molecule has 0 fully saturated rings. The second kappa shape index (κ2) is 5.74. The first-order valence-corrected chi connectivity index (χ1v) is 5.65. The molecule has 1 aromatic carbocycles. The number of nitrogen functional groups attached to an aromatic ring is 1. The number of rotatable bonds is 4. The van der Waals surface area contributed by atoms with Crippen LogP contribution in [0.2, 0.25) is 0 Å². The fourth-order valence-corrected chi connectivity index (χ4v) is 1.50. The maximum atomic E-state index is 11.8. The van der Waals surface area contributed by atoms with E-state index < -0.39 is 10.8 Å². The Hall–Kier alpha value is -3.03. The minimum Gasteiger partial charge on any atom is -0.382 e. The molecule has 1 aromatic heterocycles. The monoisotopic (exact) mass is 273 g/mol. The SMILES string of the molecule is Nc1cncc(C(=O)NCc2ccc([N+](=O)[O-])cc2)n1. The van der Waals surface area contributed by atoms with E-state index in [1.165, 1.54) is 24.5 Å². The summed E-state index contributed by atoms with van der Waals surface area (Å²) in [7, 11) is 0. The molecule has 8 nitrogen and oxygen atoms in total. The fourth-order valence-electron chi connectivity index (χ4n) is 1.50. The molecule has 0 saturated carbocycles. The summed E-state index contributed by atoms with van der Waals surface area (Å²) >= 11 is 0. The quantitative estimate of drug-likeness (QED) is 0.629. The third-order valence-electron chi connectivity index (χ3n) is 2.49. The number of amides is 1. The van der Waals surface area contributed by atoms with Crippen LogP contribution in [0.25, 0.3) is 0 Å². The summed E-state index contributed by atoms with van der Waals surface area (Å²) < 4.78 is 0. The summed E-state index contributed by atoms with van der Waals surface area (Å²) in [5.74, 6) is -0.254. The zero-order chi connectivity index (χ0) is 14.5. The second-order valence-corrected chi connectivity index (χ2v) is 3.94. The molecule has 1 amide bonds. The summed E-state index contributed by atoms with van der Waals surface area (Å²) in [6, 6.07) is 5.90. The van der Waals surface area contributed by atoms with E-state index in [4.69, 9.17) is 5.73 Å². The standard InChI is InChI=1S/C12H11N5O3/c13-11-7-14-6-10(16-11)12(18)15-5-8-1-3-9(4-2-8)17(19)20/h1-4,6-7H,5H2,(H2,13,16)(H,15,18). The van der Waals surface area contributed by atoms with Crippen LogP contribution in [0.15, 0.2) is 36.7 Å². The molecule has 3 N–H and O–H groups in total. The zero-order valence-electron chi connectivity index (χ0n) is 10.3. The molecule has 0 aliphatic rings. The first-order chi connectivity index (χ1) is 9.56. The highest BCUT2D eigenvalue weighted by atomic mass is 16.6. The van der Waals surface area contributed by atoms with Crippen LogP contribution in [0.1, 0.15) is 16.1 Å². The number of carbonyl (C=O) groups is 1. The van der Waals surface area contributed by atoms with E-state index >= 15 is 0 Å². The van der Waals surface area contributed by atoms with Crippen molar-refractivity contribution in [3.8, 4) is 0 Å². The lowest BCUT2D eigenvalue weighted by Gasteiger charge is -2.04. The summed E-state index contributed by atoms with van der Waals surface area (Å²) in [5, 5.41) is 13.1. The third-order valence-corrected chi connectivity index (χ3v) is 2.49. The Morgan fingerprint density at radius 1 is 1.30 bits per heavy atom. The van der Waals surface area contributed by atoms with Crippen molar-refractivity contribution >= 4 is 17.4 Å². The Kier molecular flexibility index (Phi) is 3.85. The van der Waals surface area contributed by atoms with Crippen molar-refractivity contribution < 1.29 is 9.72 Å². The Morgan fingerprint density at radius 3 is 2.60 bits per heavy atom. The van der Waals surface area contributed by atoms with Crippen molar-refractivity contribution in [2.45, 2.75) is 6.54 Å². The lowest BCUT2D eigenvalue weighted by Crippen LogP contribution is -2.24. The van der Waals surface area contributed by atoms with Gasteiger partial charge in [-0.2, -0.15) is 0 Å². The molecule has 0 bridgehead atoms. The van der Waals surface area contributed by atoms with Gasteiger partial charge in [0, 0.05) is 18.7 Å². The van der Waals surface area contributed by atoms with Crippen LogP contribution >= 0.6 is 0 Å². The van der Waals surface area contributed by atoms with Gasteiger partial charge in [0.05, 0.1) is 17.3 Å². The van der Waals surface area contributed by atoms with Crippen molar-refractivity contribution in [3.05, 3.63) is 58.0 Å². The minimum atomic E-state index is -0.481. The van der Waals surface area contributed by atoms with Gasteiger partial charge >= 0.3 is 0 Å². The molecule has 102 valence electrons. The van der Waals surface area contributed by atoms with Crippen LogP contribution in [-0.2, 0) is 6.54 Å². The molecule has 0 aliphatic carbocycles. The molecular formula is C12H11N5O3. The number of nitrogens with zero attached hydrogens (tertiary/aromatic N) is 3. The van der Waals surface area contributed by atoms with Crippen molar-refractivity contribution in [1.82, 2.24) is 15.3 Å². The largest absolute Gasteiger partial charge is 0.382 e. The van der Waals surface area contributed by atoms with Crippen LogP contribution in [0, 0.1) is 10.1 Å². The van der Waals surface area contributed by atoms with Crippen LogP contribution in [0.5, 0.6) is 0 Å². The molecule has 0 unspecified atom stereocenters. The summed E-state index contributed by atoms with van der Waals surface area (Å²) in [4.78, 5) is 29.4. The molecule has 2 rings (SSSR count). The van der Waals surface area contributed by atoms with Gasteiger partial charge in [-0.1, -0.05) is 12.1 Å². The summed E-state index contributed by atoms with van der Waals surface area (Å²) in [5.41, 5.74) is 6.29. The average molecular weight is 273 g/mol. The number of non-ortho nitro benzene ring substituents is 1. The molecule has 0 aliphatic heterocycles. The predicted octanol–water partition coefficient (Wildman–Crippen LogP) is 0.897. The maximum absolute atomic E-state index is 11.8. The molecule has 1 heterocycles. The van der Waals surface area contributed by atoms with Crippen LogP contribution < -0.4 is 11.1 Å². The minimum absolute atomic E-state index is 0.00164. The van der Waals surface area contributed by atoms with Gasteiger partial charge in [-0.25, -0.2) is 4.98 Å². The number of nitrogens with one attached hydrogen (secondary N) is 1. The van der Waals surface area contributed by atoms with Crippen LogP contribution in [-0.4, -0.2) is 20.8 Å². The first kappa shape index (κ1) is 13.4. The number of hydrogen-bond acceptors (Lipinski definition) is 6. The zero-order valence-corrected chi connectivity index (χ0v) is 10.3. The van der Waals surface area contributed by atoms with Crippen molar-refractivity contribution in [1.29, 1.82) is 0 Å². The number of nitro benzene ring substituents is 1. The number of nitrogens with two attached hydrogens (primary N) is 1. The highest BCUT2D eigenvalue weighted by Gasteiger charge is 2.08. The molecule has 20 heavy (non-hydrogen) atoms. The Labute approximate surface area is 113 Å².